The molecule has 0 radical (unpaired) electrons. The van der Waals surface area contributed by atoms with Crippen LogP contribution in [0.2, 0.25) is 0 Å². The quantitative estimate of drug-likeness (QED) is 0.798. The van der Waals surface area contributed by atoms with Gasteiger partial charge in [0.15, 0.2) is 5.11 Å². The molecule has 1 aromatic carbocycles. The van der Waals surface area contributed by atoms with Crippen LogP contribution < -0.4 is 10.6 Å². The summed E-state index contributed by atoms with van der Waals surface area (Å²) in [7, 11) is 0. The molecule has 1 fully saturated rings. The molecular weight excluding hydrogens is 320 g/mol. The summed E-state index contributed by atoms with van der Waals surface area (Å²) in [5, 5.41) is 7.12. The van der Waals surface area contributed by atoms with Crippen molar-refractivity contribution >= 4 is 28.9 Å². The lowest BCUT2D eigenvalue weighted by Crippen LogP contribution is -2.53. The number of rotatable bonds is 5. The van der Waals surface area contributed by atoms with E-state index in [4.69, 9.17) is 12.2 Å². The van der Waals surface area contributed by atoms with E-state index in [9.17, 15) is 4.79 Å². The van der Waals surface area contributed by atoms with Gasteiger partial charge >= 0.3 is 0 Å². The SMILES string of the molecule is CCc1ccccc1NC(=O)CN1CCN(C(=S)NC(C)C)CC1. The van der Waals surface area contributed by atoms with Crippen LogP contribution in [-0.4, -0.2) is 59.6 Å². The van der Waals surface area contributed by atoms with Gasteiger partial charge in [0, 0.05) is 37.9 Å². The van der Waals surface area contributed by atoms with Gasteiger partial charge in [-0.2, -0.15) is 0 Å². The molecule has 1 amide bonds. The summed E-state index contributed by atoms with van der Waals surface area (Å²) in [5.74, 6) is 0.0484. The van der Waals surface area contributed by atoms with E-state index in [2.05, 4.69) is 47.3 Å². The summed E-state index contributed by atoms with van der Waals surface area (Å²) < 4.78 is 0. The minimum atomic E-state index is 0.0484. The van der Waals surface area contributed by atoms with Crippen molar-refractivity contribution < 1.29 is 4.79 Å². The first-order valence-corrected chi connectivity index (χ1v) is 9.06. The zero-order valence-electron chi connectivity index (χ0n) is 14.8. The second kappa shape index (κ2) is 8.99. The maximum absolute atomic E-state index is 12.3. The average molecular weight is 349 g/mol. The van der Waals surface area contributed by atoms with E-state index in [1.807, 2.05) is 18.2 Å². The second-order valence-electron chi connectivity index (χ2n) is 6.43. The molecule has 132 valence electrons. The maximum Gasteiger partial charge on any atom is 0.238 e. The molecule has 1 aromatic rings. The highest BCUT2D eigenvalue weighted by Crippen LogP contribution is 2.15. The molecular formula is C18H28N4OS. The van der Waals surface area contributed by atoms with Crippen LogP contribution in [0.4, 0.5) is 5.69 Å². The molecule has 1 aliphatic rings. The van der Waals surface area contributed by atoms with Crippen LogP contribution >= 0.6 is 12.2 Å². The van der Waals surface area contributed by atoms with Crippen molar-refractivity contribution in [3.63, 3.8) is 0 Å². The van der Waals surface area contributed by atoms with Crippen LogP contribution in [0, 0.1) is 0 Å². The van der Waals surface area contributed by atoms with Gasteiger partial charge in [0.2, 0.25) is 5.91 Å². The van der Waals surface area contributed by atoms with Crippen LogP contribution in [0.5, 0.6) is 0 Å². The Labute approximate surface area is 150 Å². The molecule has 0 aliphatic carbocycles. The van der Waals surface area contributed by atoms with Gasteiger partial charge in [-0.25, -0.2) is 0 Å². The number of amides is 1. The number of hydrogen-bond acceptors (Lipinski definition) is 3. The fraction of sp³-hybridized carbons (Fsp3) is 0.556. The number of nitrogens with zero attached hydrogens (tertiary/aromatic N) is 2. The standard InChI is InChI=1S/C18H28N4OS/c1-4-15-7-5-6-8-16(15)20-17(23)13-21-9-11-22(12-10-21)18(24)19-14(2)3/h5-8,14H,4,9-13H2,1-3H3,(H,19,24)(H,20,23). The third kappa shape index (κ3) is 5.46. The second-order valence-corrected chi connectivity index (χ2v) is 6.81. The number of carbonyl (C=O) groups is 1. The van der Waals surface area contributed by atoms with Crippen LogP contribution in [-0.2, 0) is 11.2 Å². The Morgan fingerprint density at radius 3 is 2.50 bits per heavy atom. The zero-order chi connectivity index (χ0) is 17.5. The van der Waals surface area contributed by atoms with E-state index in [0.29, 0.717) is 12.6 Å². The van der Waals surface area contributed by atoms with E-state index in [1.54, 1.807) is 0 Å². The summed E-state index contributed by atoms with van der Waals surface area (Å²) >= 11 is 5.41. The lowest BCUT2D eigenvalue weighted by atomic mass is 10.1. The van der Waals surface area contributed by atoms with E-state index >= 15 is 0 Å². The van der Waals surface area contributed by atoms with E-state index in [0.717, 1.165) is 43.4 Å². The highest BCUT2D eigenvalue weighted by Gasteiger charge is 2.21. The number of benzene rings is 1. The van der Waals surface area contributed by atoms with E-state index < -0.39 is 0 Å². The Bertz CT molecular complexity index is 568. The predicted molar refractivity (Wildman–Crippen MR) is 103 cm³/mol. The Balaban J connectivity index is 1.79. The monoisotopic (exact) mass is 348 g/mol. The van der Waals surface area contributed by atoms with Crippen molar-refractivity contribution in [3.8, 4) is 0 Å². The topological polar surface area (TPSA) is 47.6 Å². The van der Waals surface area contributed by atoms with Gasteiger partial charge in [0.05, 0.1) is 6.54 Å². The Morgan fingerprint density at radius 1 is 1.21 bits per heavy atom. The molecule has 0 aromatic heterocycles. The van der Waals surface area contributed by atoms with Gasteiger partial charge in [-0.1, -0.05) is 25.1 Å². The summed E-state index contributed by atoms with van der Waals surface area (Å²) in [4.78, 5) is 16.7. The molecule has 6 heteroatoms. The number of nitrogens with one attached hydrogen (secondary N) is 2. The lowest BCUT2D eigenvalue weighted by Gasteiger charge is -2.36. The smallest absolute Gasteiger partial charge is 0.238 e. The van der Waals surface area contributed by atoms with Crippen LogP contribution in [0.25, 0.3) is 0 Å². The Kier molecular flexibility index (Phi) is 6.99. The largest absolute Gasteiger partial charge is 0.360 e. The molecule has 5 nitrogen and oxygen atoms in total. The first kappa shape index (κ1) is 18.7. The summed E-state index contributed by atoms with van der Waals surface area (Å²) in [5.41, 5.74) is 2.09. The highest BCUT2D eigenvalue weighted by atomic mass is 32.1. The van der Waals surface area contributed by atoms with Gasteiger partial charge in [-0.15, -0.1) is 0 Å². The molecule has 24 heavy (non-hydrogen) atoms. The molecule has 2 N–H and O–H groups in total. The number of piperazine rings is 1. The van der Waals surface area contributed by atoms with Gasteiger partial charge in [0.25, 0.3) is 0 Å². The normalized spacial score (nSPS) is 15.4. The van der Waals surface area contributed by atoms with E-state index in [-0.39, 0.29) is 5.91 Å². The summed E-state index contributed by atoms with van der Waals surface area (Å²) in [6.45, 7) is 10.1. The number of hydrogen-bond donors (Lipinski definition) is 2. The van der Waals surface area contributed by atoms with E-state index in [1.165, 1.54) is 5.56 Å². The van der Waals surface area contributed by atoms with Gasteiger partial charge in [-0.05, 0) is 44.1 Å². The molecule has 0 saturated carbocycles. The number of aryl methyl sites for hydroxylation is 1. The van der Waals surface area contributed by atoms with Crippen molar-refractivity contribution in [2.75, 3.05) is 38.0 Å². The average Bonchev–Trinajstić information content (AvgIpc) is 2.55. The molecule has 2 rings (SSSR count). The maximum atomic E-state index is 12.3. The van der Waals surface area contributed by atoms with Crippen molar-refractivity contribution in [1.82, 2.24) is 15.1 Å². The molecule has 1 aliphatic heterocycles. The molecule has 0 spiro atoms. The molecule has 1 saturated heterocycles. The molecule has 0 unspecified atom stereocenters. The third-order valence-corrected chi connectivity index (χ3v) is 4.49. The fourth-order valence-electron chi connectivity index (χ4n) is 2.79. The van der Waals surface area contributed by atoms with Crippen molar-refractivity contribution in [1.29, 1.82) is 0 Å². The summed E-state index contributed by atoms with van der Waals surface area (Å²) in [6.07, 6.45) is 0.912. The molecule has 1 heterocycles. The van der Waals surface area contributed by atoms with Gasteiger partial charge < -0.3 is 15.5 Å². The number of carbonyl (C=O) groups excluding carboxylic acids is 1. The minimum Gasteiger partial charge on any atom is -0.360 e. The van der Waals surface area contributed by atoms with Crippen LogP contribution in [0.1, 0.15) is 26.3 Å². The third-order valence-electron chi connectivity index (χ3n) is 4.11. The minimum absolute atomic E-state index is 0.0484. The molecule has 0 bridgehead atoms. The van der Waals surface area contributed by atoms with Crippen molar-refractivity contribution in [3.05, 3.63) is 29.8 Å². The predicted octanol–water partition coefficient (Wildman–Crippen LogP) is 2.09. The first-order chi connectivity index (χ1) is 11.5. The molecule has 0 atom stereocenters. The highest BCUT2D eigenvalue weighted by molar-refractivity contribution is 7.80. The Hall–Kier alpha value is -1.66. The van der Waals surface area contributed by atoms with Crippen LogP contribution in [0.3, 0.4) is 0 Å². The van der Waals surface area contributed by atoms with Gasteiger partial charge in [0.1, 0.15) is 0 Å². The Morgan fingerprint density at radius 2 is 1.88 bits per heavy atom. The first-order valence-electron chi connectivity index (χ1n) is 8.65. The van der Waals surface area contributed by atoms with Crippen molar-refractivity contribution in [2.24, 2.45) is 0 Å². The van der Waals surface area contributed by atoms with Crippen LogP contribution in [0.15, 0.2) is 24.3 Å². The zero-order valence-corrected chi connectivity index (χ0v) is 15.7. The number of thiocarbonyl (C=S) groups is 1. The summed E-state index contributed by atoms with van der Waals surface area (Å²) in [6, 6.07) is 8.32. The van der Waals surface area contributed by atoms with Crippen molar-refractivity contribution in [2.45, 2.75) is 33.2 Å². The lowest BCUT2D eigenvalue weighted by molar-refractivity contribution is -0.117. The number of para-hydroxylation sites is 1. The number of anilines is 1. The fourth-order valence-corrected chi connectivity index (χ4v) is 3.21. The van der Waals surface area contributed by atoms with Gasteiger partial charge in [-0.3, -0.25) is 9.69 Å².